The van der Waals surface area contributed by atoms with E-state index in [1.165, 1.54) is 12.1 Å². The van der Waals surface area contributed by atoms with E-state index >= 15 is 0 Å². The van der Waals surface area contributed by atoms with Crippen LogP contribution in [-0.2, 0) is 9.47 Å². The average molecular weight is 461 g/mol. The Labute approximate surface area is 189 Å². The van der Waals surface area contributed by atoms with Gasteiger partial charge < -0.3 is 19.7 Å². The smallest absolute Gasteiger partial charge is 0.266 e. The molecule has 1 saturated heterocycles. The molecule has 0 amide bonds. The summed E-state index contributed by atoms with van der Waals surface area (Å²) in [6.45, 7) is 4.78. The molecule has 4 rings (SSSR count). The van der Waals surface area contributed by atoms with Gasteiger partial charge in [0, 0.05) is 38.3 Å². The lowest BCUT2D eigenvalue weighted by Gasteiger charge is -2.20. The van der Waals surface area contributed by atoms with Gasteiger partial charge in [-0.3, -0.25) is 4.98 Å². The number of methoxy groups -OCH3 is 2. The Morgan fingerprint density at radius 2 is 1.76 bits per heavy atom. The maximum atomic E-state index is 14.7. The van der Waals surface area contributed by atoms with Gasteiger partial charge in [-0.1, -0.05) is 18.2 Å². The predicted molar refractivity (Wildman–Crippen MR) is 119 cm³/mol. The van der Waals surface area contributed by atoms with Crippen molar-refractivity contribution in [1.29, 1.82) is 0 Å². The molecule has 1 aromatic carbocycles. The lowest BCUT2D eigenvalue weighted by Crippen LogP contribution is -2.27. The molecular formula is C23H26F3N5O2. The molecule has 3 aromatic rings. The third kappa shape index (κ3) is 4.45. The number of nitrogens with one attached hydrogen (secondary N) is 1. The molecule has 1 unspecified atom stereocenters. The fourth-order valence-corrected chi connectivity index (χ4v) is 4.19. The third-order valence-electron chi connectivity index (χ3n) is 6.07. The van der Waals surface area contributed by atoms with E-state index < -0.39 is 23.8 Å². The molecule has 1 aliphatic rings. The standard InChI is InChI=1S/C23H26F3N5O2/c1-12(15-6-5-7-16(20(15)24)22(25)26)28-23-17-8-14(9-27-21(17)13(2)29-30-23)31-10-18(32-3)19(11-31)33-4/h5-9,12,18-19,22H,10-11H2,1-4H3,(H,28,30)/t12?,18-,19+. The molecule has 10 heteroatoms. The van der Waals surface area contributed by atoms with Crippen LogP contribution in [0, 0.1) is 12.7 Å². The molecule has 0 spiro atoms. The molecule has 1 aliphatic heterocycles. The molecule has 7 nitrogen and oxygen atoms in total. The Bertz CT molecular complexity index is 1130. The Balaban J connectivity index is 1.68. The van der Waals surface area contributed by atoms with Gasteiger partial charge in [0.2, 0.25) is 0 Å². The number of aryl methyl sites for hydroxylation is 1. The van der Waals surface area contributed by atoms with Crippen molar-refractivity contribution in [2.45, 2.75) is 38.5 Å². The summed E-state index contributed by atoms with van der Waals surface area (Å²) in [4.78, 5) is 6.70. The number of hydrogen-bond acceptors (Lipinski definition) is 7. The number of nitrogens with zero attached hydrogens (tertiary/aromatic N) is 4. The summed E-state index contributed by atoms with van der Waals surface area (Å²) in [5, 5.41) is 12.2. The van der Waals surface area contributed by atoms with Crippen LogP contribution in [0.1, 0.15) is 36.2 Å². The van der Waals surface area contributed by atoms with Crippen LogP contribution in [0.5, 0.6) is 0 Å². The fourth-order valence-electron chi connectivity index (χ4n) is 4.19. The van der Waals surface area contributed by atoms with Gasteiger partial charge in [0.1, 0.15) is 18.0 Å². The number of hydrogen-bond donors (Lipinski definition) is 1. The zero-order valence-electron chi connectivity index (χ0n) is 18.8. The van der Waals surface area contributed by atoms with Crippen molar-refractivity contribution in [2.24, 2.45) is 0 Å². The van der Waals surface area contributed by atoms with Crippen molar-refractivity contribution >= 4 is 22.4 Å². The molecule has 0 aliphatic carbocycles. The lowest BCUT2D eigenvalue weighted by molar-refractivity contribution is -0.00461. The van der Waals surface area contributed by atoms with E-state index in [4.69, 9.17) is 9.47 Å². The van der Waals surface area contributed by atoms with E-state index in [2.05, 4.69) is 25.4 Å². The minimum atomic E-state index is -2.89. The van der Waals surface area contributed by atoms with E-state index in [1.807, 2.05) is 6.07 Å². The Hall–Kier alpha value is -2.98. The van der Waals surface area contributed by atoms with Crippen LogP contribution >= 0.6 is 0 Å². The van der Waals surface area contributed by atoms with E-state index in [1.54, 1.807) is 34.3 Å². The number of pyridine rings is 1. The van der Waals surface area contributed by atoms with Gasteiger partial charge in [-0.25, -0.2) is 13.2 Å². The minimum Gasteiger partial charge on any atom is -0.377 e. The van der Waals surface area contributed by atoms with Gasteiger partial charge in [0.25, 0.3) is 6.43 Å². The van der Waals surface area contributed by atoms with Gasteiger partial charge in [-0.2, -0.15) is 5.10 Å². The van der Waals surface area contributed by atoms with Crippen LogP contribution in [0.15, 0.2) is 30.5 Å². The molecule has 3 heterocycles. The Kier molecular flexibility index (Phi) is 6.66. The number of alkyl halides is 2. The van der Waals surface area contributed by atoms with E-state index in [9.17, 15) is 13.2 Å². The van der Waals surface area contributed by atoms with Crippen LogP contribution in [0.25, 0.3) is 10.9 Å². The van der Waals surface area contributed by atoms with Gasteiger partial charge >= 0.3 is 0 Å². The van der Waals surface area contributed by atoms with Crippen LogP contribution in [-0.4, -0.2) is 54.7 Å². The topological polar surface area (TPSA) is 72.4 Å². The summed E-state index contributed by atoms with van der Waals surface area (Å²) in [6, 6.07) is 5.30. The van der Waals surface area contributed by atoms with Crippen molar-refractivity contribution in [3.8, 4) is 0 Å². The van der Waals surface area contributed by atoms with Crippen molar-refractivity contribution in [3.05, 3.63) is 53.1 Å². The summed E-state index contributed by atoms with van der Waals surface area (Å²) in [7, 11) is 3.31. The summed E-state index contributed by atoms with van der Waals surface area (Å²) in [5.41, 5.74) is 1.65. The SMILES string of the molecule is CO[C@H]1CN(c2cnc3c(C)nnc(NC(C)c4cccc(C(F)F)c4F)c3c2)C[C@H]1OC. The Morgan fingerprint density at radius 3 is 2.39 bits per heavy atom. The number of fused-ring (bicyclic) bond motifs is 1. The van der Waals surface area contributed by atoms with Crippen molar-refractivity contribution < 1.29 is 22.6 Å². The van der Waals surface area contributed by atoms with Gasteiger partial charge in [-0.05, 0) is 19.9 Å². The van der Waals surface area contributed by atoms with E-state index in [-0.39, 0.29) is 17.8 Å². The van der Waals surface area contributed by atoms with Gasteiger partial charge in [-0.15, -0.1) is 5.10 Å². The Morgan fingerprint density at radius 1 is 1.09 bits per heavy atom. The molecule has 1 N–H and O–H groups in total. The predicted octanol–water partition coefficient (Wildman–Crippen LogP) is 4.43. The highest BCUT2D eigenvalue weighted by Crippen LogP contribution is 2.32. The first-order valence-electron chi connectivity index (χ1n) is 10.6. The van der Waals surface area contributed by atoms with Crippen molar-refractivity contribution in [1.82, 2.24) is 15.2 Å². The monoisotopic (exact) mass is 461 g/mol. The highest BCUT2D eigenvalue weighted by Gasteiger charge is 2.33. The summed E-state index contributed by atoms with van der Waals surface area (Å²) >= 11 is 0. The first-order valence-corrected chi connectivity index (χ1v) is 10.6. The normalized spacial score (nSPS) is 19.5. The largest absolute Gasteiger partial charge is 0.377 e. The minimum absolute atomic E-state index is 0.0642. The first-order chi connectivity index (χ1) is 15.8. The number of rotatable bonds is 7. The van der Waals surface area contributed by atoms with Gasteiger partial charge in [0.05, 0.1) is 34.7 Å². The summed E-state index contributed by atoms with van der Waals surface area (Å²) in [6.07, 6.45) is -1.26. The van der Waals surface area contributed by atoms with Crippen LogP contribution < -0.4 is 10.2 Å². The number of benzene rings is 1. The lowest BCUT2D eigenvalue weighted by atomic mass is 10.0. The van der Waals surface area contributed by atoms with E-state index in [0.29, 0.717) is 35.5 Å². The summed E-state index contributed by atoms with van der Waals surface area (Å²) in [5.74, 6) is -0.533. The van der Waals surface area contributed by atoms with Crippen molar-refractivity contribution in [3.63, 3.8) is 0 Å². The molecule has 0 saturated carbocycles. The number of halogens is 3. The molecule has 0 bridgehead atoms. The van der Waals surface area contributed by atoms with Gasteiger partial charge in [0.15, 0.2) is 5.82 Å². The van der Waals surface area contributed by atoms with Crippen LogP contribution in [0.4, 0.5) is 24.7 Å². The maximum absolute atomic E-state index is 14.7. The van der Waals surface area contributed by atoms with Crippen LogP contribution in [0.2, 0.25) is 0 Å². The second-order valence-electron chi connectivity index (χ2n) is 8.09. The molecule has 0 radical (unpaired) electrons. The second kappa shape index (κ2) is 9.48. The number of ether oxygens (including phenoxy) is 2. The maximum Gasteiger partial charge on any atom is 0.266 e. The summed E-state index contributed by atoms with van der Waals surface area (Å²) < 4.78 is 52.0. The average Bonchev–Trinajstić information content (AvgIpc) is 3.24. The number of anilines is 2. The molecule has 3 atom stereocenters. The first kappa shape index (κ1) is 23.2. The number of aromatic nitrogens is 3. The van der Waals surface area contributed by atoms with Crippen molar-refractivity contribution in [2.75, 3.05) is 37.5 Å². The second-order valence-corrected chi connectivity index (χ2v) is 8.09. The molecule has 33 heavy (non-hydrogen) atoms. The highest BCUT2D eigenvalue weighted by molar-refractivity contribution is 5.92. The molecule has 1 fully saturated rings. The molecule has 176 valence electrons. The zero-order chi connectivity index (χ0) is 23.7. The fraction of sp³-hybridized carbons (Fsp3) is 0.435. The quantitative estimate of drug-likeness (QED) is 0.558. The third-order valence-corrected chi connectivity index (χ3v) is 6.07. The highest BCUT2D eigenvalue weighted by atomic mass is 19.3. The zero-order valence-corrected chi connectivity index (χ0v) is 18.8. The molecular weight excluding hydrogens is 435 g/mol. The van der Waals surface area contributed by atoms with E-state index in [0.717, 1.165) is 11.8 Å². The molecule has 2 aromatic heterocycles. The van der Waals surface area contributed by atoms with Crippen LogP contribution in [0.3, 0.4) is 0 Å².